The van der Waals surface area contributed by atoms with Gasteiger partial charge in [0.15, 0.2) is 12.2 Å². The molecule has 3 unspecified atom stereocenters. The number of phosphoric acid groups is 2. The summed E-state index contributed by atoms with van der Waals surface area (Å²) in [6, 6.07) is 0. The molecule has 0 radical (unpaired) electrons. The van der Waals surface area contributed by atoms with Crippen LogP contribution in [0, 0.1) is 23.7 Å². The van der Waals surface area contributed by atoms with Crippen LogP contribution in [0.3, 0.4) is 0 Å². The summed E-state index contributed by atoms with van der Waals surface area (Å²) in [6.07, 6.45) is 44.6. The van der Waals surface area contributed by atoms with Gasteiger partial charge in [0.05, 0.1) is 26.4 Å². The summed E-state index contributed by atoms with van der Waals surface area (Å²) < 4.78 is 68.3. The first-order valence-corrected chi connectivity index (χ1v) is 40.2. The minimum absolute atomic E-state index is 0.104. The Labute approximate surface area is 556 Å². The highest BCUT2D eigenvalue weighted by atomic mass is 31.2. The Kier molecular flexibility index (Phi) is 60.3. The Bertz CT molecular complexity index is 1800. The van der Waals surface area contributed by atoms with Crippen LogP contribution in [0.5, 0.6) is 0 Å². The van der Waals surface area contributed by atoms with Gasteiger partial charge in [0.1, 0.15) is 19.3 Å². The molecule has 0 aliphatic rings. The average Bonchev–Trinajstić information content (AvgIpc) is 2.80. The lowest BCUT2D eigenvalue weighted by Gasteiger charge is -2.21. The maximum atomic E-state index is 13.0. The maximum Gasteiger partial charge on any atom is 0.472 e. The van der Waals surface area contributed by atoms with E-state index in [0.29, 0.717) is 31.6 Å². The molecular weight excluding hydrogens is 1200 g/mol. The van der Waals surface area contributed by atoms with Crippen LogP contribution >= 0.6 is 15.6 Å². The van der Waals surface area contributed by atoms with Gasteiger partial charge in [0, 0.05) is 25.7 Å². The first-order chi connectivity index (χ1) is 43.6. The summed E-state index contributed by atoms with van der Waals surface area (Å²) in [7, 11) is -9.90. The van der Waals surface area contributed by atoms with Crippen molar-refractivity contribution in [1.29, 1.82) is 0 Å². The molecule has 0 saturated carbocycles. The summed E-state index contributed by atoms with van der Waals surface area (Å²) in [5, 5.41) is 10.6. The van der Waals surface area contributed by atoms with Crippen molar-refractivity contribution >= 4 is 39.5 Å². The molecule has 19 heteroatoms. The molecule has 0 aromatic rings. The first-order valence-electron chi connectivity index (χ1n) is 37.2. The minimum Gasteiger partial charge on any atom is -0.462 e. The quantitative estimate of drug-likeness (QED) is 0.0222. The van der Waals surface area contributed by atoms with E-state index in [2.05, 4.69) is 55.4 Å². The van der Waals surface area contributed by atoms with Gasteiger partial charge >= 0.3 is 39.5 Å². The molecule has 540 valence electrons. The van der Waals surface area contributed by atoms with Crippen molar-refractivity contribution in [3.63, 3.8) is 0 Å². The Balaban J connectivity index is 5.22. The number of phosphoric ester groups is 2. The van der Waals surface area contributed by atoms with Gasteiger partial charge < -0.3 is 33.8 Å². The minimum atomic E-state index is -4.95. The van der Waals surface area contributed by atoms with E-state index < -0.39 is 97.5 Å². The summed E-state index contributed by atoms with van der Waals surface area (Å²) in [6.45, 7) is 14.1. The largest absolute Gasteiger partial charge is 0.472 e. The fourth-order valence-corrected chi connectivity index (χ4v) is 12.4. The molecule has 91 heavy (non-hydrogen) atoms. The van der Waals surface area contributed by atoms with E-state index in [1.54, 1.807) is 0 Å². The highest BCUT2D eigenvalue weighted by molar-refractivity contribution is 7.47. The van der Waals surface area contributed by atoms with Crippen molar-refractivity contribution in [2.45, 2.75) is 375 Å². The van der Waals surface area contributed by atoms with Crippen LogP contribution in [-0.4, -0.2) is 96.7 Å². The Morgan fingerprint density at radius 3 is 0.780 bits per heavy atom. The van der Waals surface area contributed by atoms with Crippen molar-refractivity contribution in [2.75, 3.05) is 39.6 Å². The van der Waals surface area contributed by atoms with Gasteiger partial charge in [0.2, 0.25) is 0 Å². The summed E-state index contributed by atoms with van der Waals surface area (Å²) >= 11 is 0. The highest BCUT2D eigenvalue weighted by Gasteiger charge is 2.30. The zero-order valence-electron chi connectivity index (χ0n) is 59.5. The van der Waals surface area contributed by atoms with Crippen LogP contribution in [0.15, 0.2) is 0 Å². The van der Waals surface area contributed by atoms with Crippen molar-refractivity contribution in [1.82, 2.24) is 0 Å². The number of esters is 4. The second kappa shape index (κ2) is 61.6. The lowest BCUT2D eigenvalue weighted by atomic mass is 9.99. The molecule has 0 bridgehead atoms. The number of carbonyl (C=O) groups excluding carboxylic acids is 4. The molecule has 0 aliphatic carbocycles. The fraction of sp³-hybridized carbons (Fsp3) is 0.944. The van der Waals surface area contributed by atoms with Crippen LogP contribution in [-0.2, 0) is 65.4 Å². The van der Waals surface area contributed by atoms with E-state index in [1.165, 1.54) is 154 Å². The van der Waals surface area contributed by atoms with Gasteiger partial charge in [-0.05, 0) is 49.4 Å². The van der Waals surface area contributed by atoms with Crippen LogP contribution in [0.25, 0.3) is 0 Å². The summed E-state index contributed by atoms with van der Waals surface area (Å²) in [4.78, 5) is 72.6. The van der Waals surface area contributed by atoms with E-state index in [1.807, 2.05) is 0 Å². The van der Waals surface area contributed by atoms with Crippen molar-refractivity contribution in [3.8, 4) is 0 Å². The second-order valence-electron chi connectivity index (χ2n) is 27.6. The Morgan fingerprint density at radius 2 is 0.527 bits per heavy atom. The molecule has 0 spiro atoms. The smallest absolute Gasteiger partial charge is 0.462 e. The fourth-order valence-electron chi connectivity index (χ4n) is 10.8. The first kappa shape index (κ1) is 89.1. The van der Waals surface area contributed by atoms with Crippen LogP contribution < -0.4 is 0 Å². The predicted molar refractivity (Wildman–Crippen MR) is 367 cm³/mol. The van der Waals surface area contributed by atoms with E-state index in [4.69, 9.17) is 37.0 Å². The summed E-state index contributed by atoms with van der Waals surface area (Å²) in [5.74, 6) is 0.873. The number of rotatable bonds is 69. The van der Waals surface area contributed by atoms with Gasteiger partial charge in [0.25, 0.3) is 0 Å². The molecule has 0 amide bonds. The zero-order valence-corrected chi connectivity index (χ0v) is 61.3. The van der Waals surface area contributed by atoms with Crippen molar-refractivity contribution < 1.29 is 80.2 Å². The van der Waals surface area contributed by atoms with E-state index in [9.17, 15) is 43.2 Å². The number of hydrogen-bond donors (Lipinski definition) is 3. The molecule has 0 aliphatic heterocycles. The lowest BCUT2D eigenvalue weighted by Crippen LogP contribution is -2.30. The SMILES string of the molecule is CCC(C)CCCCCCCCCCCCC(=O)OC[C@H](COP(=O)(O)OC[C@@H](O)COP(=O)(O)OC[C@@H](COC(=O)CCCCCCCCC(C)C)OC(=O)CCCCCCCCCCCCCCCCC(C)C)OC(=O)CCCCCCCCCCC(C)C. The molecule has 3 N–H and O–H groups in total. The molecule has 6 atom stereocenters. The number of unbranched alkanes of at least 4 members (excludes halogenated alkanes) is 34. The molecule has 17 nitrogen and oxygen atoms in total. The van der Waals surface area contributed by atoms with E-state index in [0.717, 1.165) is 114 Å². The predicted octanol–water partition coefficient (Wildman–Crippen LogP) is 20.5. The molecule has 0 aromatic heterocycles. The number of hydrogen-bond acceptors (Lipinski definition) is 15. The second-order valence-corrected chi connectivity index (χ2v) is 30.6. The third-order valence-corrected chi connectivity index (χ3v) is 18.8. The Morgan fingerprint density at radius 1 is 0.308 bits per heavy atom. The van der Waals surface area contributed by atoms with Gasteiger partial charge in [-0.15, -0.1) is 0 Å². The molecular formula is C72H140O17P2. The van der Waals surface area contributed by atoms with Gasteiger partial charge in [-0.1, -0.05) is 306 Å². The van der Waals surface area contributed by atoms with Gasteiger partial charge in [-0.3, -0.25) is 37.3 Å². The molecule has 0 rings (SSSR count). The normalized spacial score (nSPS) is 14.5. The number of aliphatic hydroxyl groups excluding tert-OH is 1. The average molecular weight is 1340 g/mol. The van der Waals surface area contributed by atoms with E-state index >= 15 is 0 Å². The zero-order chi connectivity index (χ0) is 67.5. The van der Waals surface area contributed by atoms with Gasteiger partial charge in [-0.2, -0.15) is 0 Å². The highest BCUT2D eigenvalue weighted by Crippen LogP contribution is 2.45. The van der Waals surface area contributed by atoms with Crippen LogP contribution in [0.1, 0.15) is 357 Å². The Hall–Kier alpha value is -1.94. The molecule has 0 aromatic carbocycles. The number of carbonyl (C=O) groups is 4. The summed E-state index contributed by atoms with van der Waals surface area (Å²) in [5.41, 5.74) is 0. The molecule has 0 saturated heterocycles. The standard InChI is InChI=1S/C72H140O17P2/c1-9-65(8)51-43-35-26-19-16-17-20-27-36-44-52-69(74)82-58-67(89-72(77)55-47-39-29-23-22-25-33-41-49-63(4)5)60-86-90(78,79)84-56-66(73)57-85-91(80,81)87-61-68(59-83-70(75)53-45-37-31-30-34-42-50-64(6)7)88-71(76)54-46-38-28-21-15-13-11-10-12-14-18-24-32-40-48-62(2)3/h62-68,73H,9-61H2,1-8H3,(H,78,79)(H,80,81)/t65?,66-,67-,68-/m1/s1. The van der Waals surface area contributed by atoms with Crippen molar-refractivity contribution in [3.05, 3.63) is 0 Å². The monoisotopic (exact) mass is 1340 g/mol. The molecule has 0 heterocycles. The number of aliphatic hydroxyl groups is 1. The number of ether oxygens (including phenoxy) is 4. The van der Waals surface area contributed by atoms with Gasteiger partial charge in [-0.25, -0.2) is 9.13 Å². The lowest BCUT2D eigenvalue weighted by molar-refractivity contribution is -0.161. The van der Waals surface area contributed by atoms with Crippen LogP contribution in [0.2, 0.25) is 0 Å². The van der Waals surface area contributed by atoms with Crippen LogP contribution in [0.4, 0.5) is 0 Å². The van der Waals surface area contributed by atoms with E-state index in [-0.39, 0.29) is 25.7 Å². The van der Waals surface area contributed by atoms with Crippen molar-refractivity contribution in [2.24, 2.45) is 23.7 Å². The maximum absolute atomic E-state index is 13.0. The topological polar surface area (TPSA) is 237 Å². The third-order valence-electron chi connectivity index (χ3n) is 16.9. The molecule has 0 fully saturated rings. The third kappa shape index (κ3) is 65.1.